The third-order valence-corrected chi connectivity index (χ3v) is 7.01. The van der Waals surface area contributed by atoms with E-state index in [2.05, 4.69) is 9.97 Å². The Labute approximate surface area is 238 Å². The molecule has 0 spiro atoms. The van der Waals surface area contributed by atoms with Gasteiger partial charge in [0, 0.05) is 31.6 Å². The van der Waals surface area contributed by atoms with Crippen LogP contribution in [0, 0.1) is 0 Å². The normalized spacial score (nSPS) is 19.4. The Hall–Kier alpha value is -3.78. The maximum Gasteiger partial charge on any atom is 0.416 e. The summed E-state index contributed by atoms with van der Waals surface area (Å²) in [6.45, 7) is 4.42. The smallest absolute Gasteiger partial charge is 0.416 e. The molecule has 232 valence electrons. The van der Waals surface area contributed by atoms with Gasteiger partial charge in [-0.25, -0.2) is 14.8 Å². The molecule has 2 unspecified atom stereocenters. The van der Waals surface area contributed by atoms with Gasteiger partial charge in [-0.3, -0.25) is 4.79 Å². The van der Waals surface area contributed by atoms with Gasteiger partial charge in [-0.15, -0.1) is 0 Å². The minimum atomic E-state index is -5.02. The van der Waals surface area contributed by atoms with Crippen molar-refractivity contribution in [2.45, 2.75) is 83.5 Å². The first-order chi connectivity index (χ1) is 19.6. The van der Waals surface area contributed by atoms with Gasteiger partial charge in [-0.1, -0.05) is 13.8 Å². The fourth-order valence-corrected chi connectivity index (χ4v) is 5.09. The van der Waals surface area contributed by atoms with E-state index in [1.807, 2.05) is 0 Å². The number of halogens is 6. The second-order valence-corrected chi connectivity index (χ2v) is 9.89. The number of aromatic nitrogens is 2. The number of amides is 1. The summed E-state index contributed by atoms with van der Waals surface area (Å²) in [5, 5.41) is 9.81. The van der Waals surface area contributed by atoms with Gasteiger partial charge in [0.1, 0.15) is 13.2 Å². The number of anilines is 1. The Kier molecular flexibility index (Phi) is 10.5. The average Bonchev–Trinajstić information content (AvgIpc) is 2.92. The van der Waals surface area contributed by atoms with E-state index in [9.17, 15) is 41.0 Å². The monoisotopic (exact) mass is 606 g/mol. The average molecular weight is 607 g/mol. The standard InChI is InChI=1S/C27H32F6N4O5/c1-4-20-11-22(12-21(5-2)37(20)25(39)40)36(24-34-13-23(14-35-24)42-7-6-41-16(3)38)15-17-8-18(26(28,29)30)10-19(9-17)27(31,32)33/h8-10,13-14,20-22H,4-7,11-12,15H2,1-3H3,(H,39,40). The van der Waals surface area contributed by atoms with Crippen LogP contribution in [0.15, 0.2) is 30.6 Å². The molecule has 15 heteroatoms. The Morgan fingerprint density at radius 2 is 1.48 bits per heavy atom. The Bertz CT molecular complexity index is 1180. The summed E-state index contributed by atoms with van der Waals surface area (Å²) >= 11 is 0. The number of nitrogens with zero attached hydrogens (tertiary/aromatic N) is 4. The van der Waals surface area contributed by atoms with E-state index in [-0.39, 0.29) is 49.4 Å². The Balaban J connectivity index is 2.01. The van der Waals surface area contributed by atoms with Crippen molar-refractivity contribution in [3.05, 3.63) is 47.3 Å². The van der Waals surface area contributed by atoms with E-state index in [1.54, 1.807) is 13.8 Å². The number of rotatable bonds is 10. The van der Waals surface area contributed by atoms with Gasteiger partial charge in [0.15, 0.2) is 5.75 Å². The number of esters is 1. The summed E-state index contributed by atoms with van der Waals surface area (Å²) in [6.07, 6.45) is -7.14. The van der Waals surface area contributed by atoms with Crippen LogP contribution in [-0.4, -0.2) is 63.4 Å². The van der Waals surface area contributed by atoms with Crippen LogP contribution in [-0.2, 0) is 28.4 Å². The predicted octanol–water partition coefficient (Wildman–Crippen LogP) is 6.16. The SMILES string of the molecule is CCC1CC(N(Cc2cc(C(F)(F)F)cc(C(F)(F)F)c2)c2ncc(OCCOC(C)=O)cn2)CC(CC)N1C(=O)O. The van der Waals surface area contributed by atoms with E-state index >= 15 is 0 Å². The van der Waals surface area contributed by atoms with Gasteiger partial charge >= 0.3 is 24.4 Å². The first-order valence-electron chi connectivity index (χ1n) is 13.3. The highest BCUT2D eigenvalue weighted by molar-refractivity contribution is 5.66. The predicted molar refractivity (Wildman–Crippen MR) is 138 cm³/mol. The molecule has 2 atom stereocenters. The van der Waals surface area contributed by atoms with E-state index in [0.717, 1.165) is 0 Å². The molecule has 0 radical (unpaired) electrons. The van der Waals surface area contributed by atoms with Crippen LogP contribution in [0.5, 0.6) is 5.75 Å². The molecular formula is C27H32F6N4O5. The molecule has 1 amide bonds. The van der Waals surface area contributed by atoms with Crippen molar-refractivity contribution in [3.63, 3.8) is 0 Å². The zero-order valence-electron chi connectivity index (χ0n) is 23.2. The van der Waals surface area contributed by atoms with Crippen molar-refractivity contribution in [1.29, 1.82) is 0 Å². The molecule has 2 heterocycles. The molecule has 0 saturated carbocycles. The van der Waals surface area contributed by atoms with Crippen LogP contribution in [0.25, 0.3) is 0 Å². The highest BCUT2D eigenvalue weighted by Gasteiger charge is 2.41. The zero-order chi connectivity index (χ0) is 31.2. The number of benzene rings is 1. The van der Waals surface area contributed by atoms with Gasteiger partial charge in [0.25, 0.3) is 0 Å². The molecular weight excluding hydrogens is 574 g/mol. The molecule has 1 aromatic carbocycles. The van der Waals surface area contributed by atoms with Crippen LogP contribution in [0.2, 0.25) is 0 Å². The minimum absolute atomic E-state index is 0.000459. The summed E-state index contributed by atoms with van der Waals surface area (Å²) in [6, 6.07) is 0.00772. The van der Waals surface area contributed by atoms with Crippen molar-refractivity contribution in [1.82, 2.24) is 14.9 Å². The van der Waals surface area contributed by atoms with E-state index in [1.165, 1.54) is 29.1 Å². The van der Waals surface area contributed by atoms with Gasteiger partial charge in [-0.2, -0.15) is 26.3 Å². The molecule has 1 fully saturated rings. The quantitative estimate of drug-likeness (QED) is 0.195. The molecule has 3 rings (SSSR count). The van der Waals surface area contributed by atoms with Crippen molar-refractivity contribution in [2.24, 2.45) is 0 Å². The summed E-state index contributed by atoms with van der Waals surface area (Å²) in [4.78, 5) is 34.3. The minimum Gasteiger partial charge on any atom is -0.487 e. The van der Waals surface area contributed by atoms with Crippen LogP contribution in [0.4, 0.5) is 37.1 Å². The topological polar surface area (TPSA) is 105 Å². The molecule has 1 N–H and O–H groups in total. The number of carbonyl (C=O) groups excluding carboxylic acids is 1. The Morgan fingerprint density at radius 3 is 1.90 bits per heavy atom. The second-order valence-electron chi connectivity index (χ2n) is 9.89. The number of ether oxygens (including phenoxy) is 2. The molecule has 42 heavy (non-hydrogen) atoms. The molecule has 1 aliphatic heterocycles. The summed E-state index contributed by atoms with van der Waals surface area (Å²) in [5.74, 6) is -0.275. The van der Waals surface area contributed by atoms with E-state index < -0.39 is 60.2 Å². The number of piperidine rings is 1. The Morgan fingerprint density at radius 1 is 0.952 bits per heavy atom. The van der Waals surface area contributed by atoms with Gasteiger partial charge < -0.3 is 24.4 Å². The van der Waals surface area contributed by atoms with Gasteiger partial charge in [0.05, 0.1) is 23.5 Å². The molecule has 2 aromatic rings. The molecule has 0 bridgehead atoms. The lowest BCUT2D eigenvalue weighted by atomic mass is 9.87. The van der Waals surface area contributed by atoms with Crippen LogP contribution < -0.4 is 9.64 Å². The zero-order valence-corrected chi connectivity index (χ0v) is 23.2. The van der Waals surface area contributed by atoms with Crippen molar-refractivity contribution in [2.75, 3.05) is 18.1 Å². The lowest BCUT2D eigenvalue weighted by molar-refractivity contribution is -0.143. The lowest BCUT2D eigenvalue weighted by Crippen LogP contribution is -2.56. The lowest BCUT2D eigenvalue weighted by Gasteiger charge is -2.46. The molecule has 1 saturated heterocycles. The number of carbonyl (C=O) groups is 2. The van der Waals surface area contributed by atoms with Crippen molar-refractivity contribution in [3.8, 4) is 5.75 Å². The number of hydrogen-bond acceptors (Lipinski definition) is 7. The summed E-state index contributed by atoms with van der Waals surface area (Å²) in [7, 11) is 0. The highest BCUT2D eigenvalue weighted by atomic mass is 19.4. The molecule has 0 aliphatic carbocycles. The first kappa shape index (κ1) is 32.7. The number of hydrogen-bond donors (Lipinski definition) is 1. The van der Waals surface area contributed by atoms with Gasteiger partial charge in [-0.05, 0) is 49.4 Å². The van der Waals surface area contributed by atoms with Crippen molar-refractivity contribution < 1.29 is 50.5 Å². The van der Waals surface area contributed by atoms with Gasteiger partial charge in [0.2, 0.25) is 5.95 Å². The summed E-state index contributed by atoms with van der Waals surface area (Å²) in [5.41, 5.74) is -3.14. The fourth-order valence-electron chi connectivity index (χ4n) is 5.09. The van der Waals surface area contributed by atoms with E-state index in [0.29, 0.717) is 25.0 Å². The molecule has 9 nitrogen and oxygen atoms in total. The summed E-state index contributed by atoms with van der Waals surface area (Å²) < 4.78 is 91.6. The fraction of sp³-hybridized carbons (Fsp3) is 0.556. The van der Waals surface area contributed by atoms with Crippen LogP contribution >= 0.6 is 0 Å². The molecule has 1 aliphatic rings. The van der Waals surface area contributed by atoms with Crippen LogP contribution in [0.3, 0.4) is 0 Å². The highest BCUT2D eigenvalue weighted by Crippen LogP contribution is 2.38. The van der Waals surface area contributed by atoms with Crippen LogP contribution in [0.1, 0.15) is 63.1 Å². The maximum atomic E-state index is 13.6. The maximum absolute atomic E-state index is 13.6. The van der Waals surface area contributed by atoms with Crippen molar-refractivity contribution >= 4 is 18.0 Å². The number of alkyl halides is 6. The first-order valence-corrected chi connectivity index (χ1v) is 13.3. The molecule has 1 aromatic heterocycles. The number of likely N-dealkylation sites (tertiary alicyclic amines) is 1. The third kappa shape index (κ3) is 8.38. The third-order valence-electron chi connectivity index (χ3n) is 7.01. The second kappa shape index (κ2) is 13.5. The number of carboxylic acid groups (broad SMARTS) is 1. The van der Waals surface area contributed by atoms with E-state index in [4.69, 9.17) is 9.47 Å². The largest absolute Gasteiger partial charge is 0.487 e.